The molecule has 0 aliphatic heterocycles. The second-order valence-electron chi connectivity index (χ2n) is 4.31. The summed E-state index contributed by atoms with van der Waals surface area (Å²) in [6.07, 6.45) is 1.74. The van der Waals surface area contributed by atoms with E-state index in [0.29, 0.717) is 18.7 Å². The Hall–Kier alpha value is -1.15. The fourth-order valence-electron chi connectivity index (χ4n) is 1.20. The van der Waals surface area contributed by atoms with Crippen molar-refractivity contribution in [2.75, 3.05) is 25.1 Å². The van der Waals surface area contributed by atoms with E-state index in [9.17, 15) is 18.9 Å². The number of carbonyl (C=O) groups is 2. The molecule has 0 aliphatic rings. The molecule has 0 saturated carbocycles. The summed E-state index contributed by atoms with van der Waals surface area (Å²) in [5.41, 5.74) is -1.48. The van der Waals surface area contributed by atoms with Gasteiger partial charge in [-0.25, -0.2) is 4.79 Å². The smallest absolute Gasteiger partial charge is 0.314 e. The Morgan fingerprint density at radius 2 is 1.94 bits per heavy atom. The van der Waals surface area contributed by atoms with Crippen LogP contribution >= 0.6 is 0 Å². The molecule has 0 rings (SSSR count). The predicted octanol–water partition coefficient (Wildman–Crippen LogP) is -0.720. The summed E-state index contributed by atoms with van der Waals surface area (Å²) in [5, 5.41) is 23.0. The average molecular weight is 280 g/mol. The number of aliphatic carboxylic acids is 1. The van der Waals surface area contributed by atoms with E-state index < -0.39 is 34.8 Å². The molecule has 0 heterocycles. The van der Waals surface area contributed by atoms with Crippen LogP contribution in [0, 0.1) is 0 Å². The highest BCUT2D eigenvalue weighted by molar-refractivity contribution is 7.84. The van der Waals surface area contributed by atoms with Crippen molar-refractivity contribution in [3.8, 4) is 0 Å². The Morgan fingerprint density at radius 3 is 2.44 bits per heavy atom. The molecule has 106 valence electrons. The number of urea groups is 1. The molecule has 2 unspecified atom stereocenters. The number of carboxylic acid groups (broad SMARTS) is 1. The van der Waals surface area contributed by atoms with Gasteiger partial charge in [0.05, 0.1) is 12.0 Å². The second kappa shape index (κ2) is 8.04. The summed E-state index contributed by atoms with van der Waals surface area (Å²) in [6.45, 7) is 1.57. The van der Waals surface area contributed by atoms with E-state index in [0.717, 1.165) is 0 Å². The minimum atomic E-state index is -1.48. The van der Waals surface area contributed by atoms with Crippen LogP contribution in [0.4, 0.5) is 4.79 Å². The van der Waals surface area contributed by atoms with Crippen molar-refractivity contribution in [3.63, 3.8) is 0 Å². The van der Waals surface area contributed by atoms with Gasteiger partial charge in [-0.15, -0.1) is 0 Å². The summed E-state index contributed by atoms with van der Waals surface area (Å²) >= 11 is 0. The molecule has 4 N–H and O–H groups in total. The maximum atomic E-state index is 11.3. The van der Waals surface area contributed by atoms with Crippen LogP contribution in [-0.4, -0.2) is 57.1 Å². The summed E-state index contributed by atoms with van der Waals surface area (Å²) in [4.78, 5) is 21.7. The molecule has 2 atom stereocenters. The summed E-state index contributed by atoms with van der Waals surface area (Å²) < 4.78 is 10.7. The van der Waals surface area contributed by atoms with E-state index in [1.165, 1.54) is 6.92 Å². The highest BCUT2D eigenvalue weighted by Crippen LogP contribution is 2.06. The third-order valence-electron chi connectivity index (χ3n) is 2.06. The van der Waals surface area contributed by atoms with Crippen LogP contribution in [0.15, 0.2) is 0 Å². The standard InChI is InChI=1S/C10H20N2O5S/c1-10(16,6-8(13)14)7-12-9(15)11-4-3-5-18(2)17/h16H,3-7H2,1-2H3,(H,13,14)(H2,11,12,15). The second-order valence-corrected chi connectivity index (χ2v) is 5.86. The lowest BCUT2D eigenvalue weighted by Gasteiger charge is -2.21. The molecule has 0 fully saturated rings. The molecule has 18 heavy (non-hydrogen) atoms. The molecule has 0 spiro atoms. The number of rotatable bonds is 8. The minimum Gasteiger partial charge on any atom is -0.481 e. The summed E-state index contributed by atoms with van der Waals surface area (Å²) in [7, 11) is -0.882. The van der Waals surface area contributed by atoms with Gasteiger partial charge in [-0.2, -0.15) is 0 Å². The number of carboxylic acids is 1. The Morgan fingerprint density at radius 1 is 1.33 bits per heavy atom. The van der Waals surface area contributed by atoms with Gasteiger partial charge in [-0.1, -0.05) is 0 Å². The van der Waals surface area contributed by atoms with E-state index in [-0.39, 0.29) is 6.54 Å². The van der Waals surface area contributed by atoms with Crippen LogP contribution in [0.5, 0.6) is 0 Å². The van der Waals surface area contributed by atoms with Crippen molar-refractivity contribution in [2.24, 2.45) is 0 Å². The third-order valence-corrected chi connectivity index (χ3v) is 2.92. The van der Waals surface area contributed by atoms with E-state index in [1.54, 1.807) is 6.26 Å². The zero-order valence-electron chi connectivity index (χ0n) is 10.6. The first-order chi connectivity index (χ1) is 8.23. The van der Waals surface area contributed by atoms with Gasteiger partial charge in [0.25, 0.3) is 0 Å². The van der Waals surface area contributed by atoms with Gasteiger partial charge in [-0.3, -0.25) is 9.00 Å². The zero-order valence-corrected chi connectivity index (χ0v) is 11.4. The Bertz CT molecular complexity index is 319. The normalized spacial score (nSPS) is 15.5. The highest BCUT2D eigenvalue weighted by Gasteiger charge is 2.24. The van der Waals surface area contributed by atoms with E-state index in [2.05, 4.69) is 10.6 Å². The van der Waals surface area contributed by atoms with Gasteiger partial charge in [0, 0.05) is 35.9 Å². The van der Waals surface area contributed by atoms with Crippen LogP contribution < -0.4 is 10.6 Å². The molecule has 0 radical (unpaired) electrons. The van der Waals surface area contributed by atoms with E-state index in [1.807, 2.05) is 0 Å². The molecule has 0 aromatic heterocycles. The van der Waals surface area contributed by atoms with Crippen molar-refractivity contribution in [3.05, 3.63) is 0 Å². The SMILES string of the molecule is CS(=O)CCCNC(=O)NCC(C)(O)CC(=O)O. The summed E-state index contributed by atoms with van der Waals surface area (Å²) in [6, 6.07) is -0.484. The zero-order chi connectivity index (χ0) is 14.2. The molecule has 0 bridgehead atoms. The highest BCUT2D eigenvalue weighted by atomic mass is 32.2. The average Bonchev–Trinajstić information content (AvgIpc) is 2.19. The predicted molar refractivity (Wildman–Crippen MR) is 67.8 cm³/mol. The maximum Gasteiger partial charge on any atom is 0.314 e. The number of hydrogen-bond acceptors (Lipinski definition) is 4. The fourth-order valence-corrected chi connectivity index (χ4v) is 1.75. The number of carbonyl (C=O) groups excluding carboxylic acids is 1. The fraction of sp³-hybridized carbons (Fsp3) is 0.800. The number of aliphatic hydroxyl groups is 1. The third kappa shape index (κ3) is 10.0. The molecule has 0 aromatic rings. The number of nitrogens with one attached hydrogen (secondary N) is 2. The van der Waals surface area contributed by atoms with Crippen molar-refractivity contribution >= 4 is 22.8 Å². The van der Waals surface area contributed by atoms with Gasteiger partial charge >= 0.3 is 12.0 Å². The van der Waals surface area contributed by atoms with Gasteiger partial charge in [0.15, 0.2) is 0 Å². The first-order valence-corrected chi connectivity index (χ1v) is 7.21. The van der Waals surface area contributed by atoms with Gasteiger partial charge in [0.1, 0.15) is 0 Å². The van der Waals surface area contributed by atoms with Crippen molar-refractivity contribution in [1.82, 2.24) is 10.6 Å². The van der Waals surface area contributed by atoms with Crippen LogP contribution in [0.25, 0.3) is 0 Å². The first-order valence-electron chi connectivity index (χ1n) is 5.49. The molecule has 0 saturated heterocycles. The lowest BCUT2D eigenvalue weighted by atomic mass is 10.0. The van der Waals surface area contributed by atoms with Gasteiger partial charge < -0.3 is 20.8 Å². The number of amides is 2. The van der Waals surface area contributed by atoms with Crippen molar-refractivity contribution in [1.29, 1.82) is 0 Å². The minimum absolute atomic E-state index is 0.148. The lowest BCUT2D eigenvalue weighted by molar-refractivity contribution is -0.141. The van der Waals surface area contributed by atoms with Crippen LogP contribution in [0.2, 0.25) is 0 Å². The largest absolute Gasteiger partial charge is 0.481 e. The van der Waals surface area contributed by atoms with Crippen LogP contribution in [0.3, 0.4) is 0 Å². The summed E-state index contributed by atoms with van der Waals surface area (Å²) in [5.74, 6) is -0.621. The number of hydrogen-bond donors (Lipinski definition) is 4. The Kier molecular flexibility index (Phi) is 7.53. The Labute approximate surface area is 108 Å². The van der Waals surface area contributed by atoms with Crippen LogP contribution in [-0.2, 0) is 15.6 Å². The van der Waals surface area contributed by atoms with Crippen molar-refractivity contribution < 1.29 is 24.0 Å². The molecule has 7 nitrogen and oxygen atoms in total. The van der Waals surface area contributed by atoms with Gasteiger partial charge in [-0.05, 0) is 13.3 Å². The maximum absolute atomic E-state index is 11.3. The van der Waals surface area contributed by atoms with Crippen LogP contribution in [0.1, 0.15) is 19.8 Å². The first kappa shape index (κ1) is 16.9. The molecular formula is C10H20N2O5S. The topological polar surface area (TPSA) is 116 Å². The van der Waals surface area contributed by atoms with Crippen molar-refractivity contribution in [2.45, 2.75) is 25.4 Å². The monoisotopic (exact) mass is 280 g/mol. The molecule has 0 aliphatic carbocycles. The molecule has 2 amide bonds. The molecule has 0 aromatic carbocycles. The Balaban J connectivity index is 3.76. The lowest BCUT2D eigenvalue weighted by Crippen LogP contribution is -2.46. The van der Waals surface area contributed by atoms with Gasteiger partial charge in [0.2, 0.25) is 0 Å². The van der Waals surface area contributed by atoms with E-state index in [4.69, 9.17) is 5.11 Å². The molecule has 8 heteroatoms. The molecular weight excluding hydrogens is 260 g/mol. The quantitative estimate of drug-likeness (QED) is 0.438. The van der Waals surface area contributed by atoms with E-state index >= 15 is 0 Å².